The van der Waals surface area contributed by atoms with E-state index in [2.05, 4.69) is 43.4 Å². The fourth-order valence-electron chi connectivity index (χ4n) is 1.97. The molecule has 0 aliphatic carbocycles. The molecule has 1 aromatic rings. The molecule has 3 heteroatoms. The van der Waals surface area contributed by atoms with Crippen LogP contribution in [0.3, 0.4) is 0 Å². The number of rotatable bonds is 7. The van der Waals surface area contributed by atoms with E-state index in [1.807, 2.05) is 20.8 Å². The molecule has 1 rings (SSSR count). The maximum absolute atomic E-state index is 11.7. The molecular formula is C18H29NO2. The molecule has 0 amide bonds. The summed E-state index contributed by atoms with van der Waals surface area (Å²) in [7, 11) is 0. The molecule has 0 aromatic heterocycles. The Labute approximate surface area is 129 Å². The van der Waals surface area contributed by atoms with Gasteiger partial charge >= 0.3 is 5.97 Å². The van der Waals surface area contributed by atoms with Gasteiger partial charge in [-0.2, -0.15) is 0 Å². The molecule has 0 fully saturated rings. The van der Waals surface area contributed by atoms with Crippen molar-refractivity contribution in [2.24, 2.45) is 5.92 Å². The molecule has 0 aliphatic rings. The smallest absolute Gasteiger partial charge is 0.306 e. The SMILES string of the molecule is CC(C)CNCc1ccc(CCC(=O)OC(C)(C)C)cc1. The van der Waals surface area contributed by atoms with Crippen molar-refractivity contribution in [3.8, 4) is 0 Å². The average Bonchev–Trinajstić information content (AvgIpc) is 2.35. The molecule has 1 N–H and O–H groups in total. The molecule has 0 spiro atoms. The number of nitrogens with one attached hydrogen (secondary N) is 1. The second-order valence-electron chi connectivity index (χ2n) is 6.93. The third kappa shape index (κ3) is 8.51. The van der Waals surface area contributed by atoms with E-state index in [9.17, 15) is 4.79 Å². The van der Waals surface area contributed by atoms with Gasteiger partial charge in [0, 0.05) is 13.0 Å². The fourth-order valence-corrected chi connectivity index (χ4v) is 1.97. The molecule has 0 heterocycles. The zero-order valence-electron chi connectivity index (χ0n) is 14.0. The summed E-state index contributed by atoms with van der Waals surface area (Å²) in [5, 5.41) is 3.42. The van der Waals surface area contributed by atoms with Crippen LogP contribution in [0.25, 0.3) is 0 Å². The summed E-state index contributed by atoms with van der Waals surface area (Å²) in [4.78, 5) is 11.7. The van der Waals surface area contributed by atoms with Gasteiger partial charge in [0.2, 0.25) is 0 Å². The van der Waals surface area contributed by atoms with Gasteiger partial charge in [-0.3, -0.25) is 4.79 Å². The van der Waals surface area contributed by atoms with Crippen LogP contribution in [0.5, 0.6) is 0 Å². The number of hydrogen-bond acceptors (Lipinski definition) is 3. The van der Waals surface area contributed by atoms with Gasteiger partial charge in [-0.15, -0.1) is 0 Å². The first-order valence-electron chi connectivity index (χ1n) is 7.76. The molecular weight excluding hydrogens is 262 g/mol. The van der Waals surface area contributed by atoms with Crippen LogP contribution in [0.1, 0.15) is 52.2 Å². The highest BCUT2D eigenvalue weighted by atomic mass is 16.6. The van der Waals surface area contributed by atoms with Crippen LogP contribution in [-0.2, 0) is 22.5 Å². The largest absolute Gasteiger partial charge is 0.460 e. The van der Waals surface area contributed by atoms with Gasteiger partial charge in [0.1, 0.15) is 5.60 Å². The standard InChI is InChI=1S/C18H29NO2/c1-14(2)12-19-13-16-8-6-15(7-9-16)10-11-17(20)21-18(3,4)5/h6-9,14,19H,10-13H2,1-5H3. The van der Waals surface area contributed by atoms with E-state index in [1.54, 1.807) is 0 Å². The minimum atomic E-state index is -0.400. The van der Waals surface area contributed by atoms with Gasteiger partial charge in [-0.05, 0) is 50.8 Å². The van der Waals surface area contributed by atoms with E-state index in [4.69, 9.17) is 4.74 Å². The van der Waals surface area contributed by atoms with Crippen LogP contribution in [0, 0.1) is 5.92 Å². The Bertz CT molecular complexity index is 430. The monoisotopic (exact) mass is 291 g/mol. The molecule has 0 unspecified atom stereocenters. The molecule has 0 saturated carbocycles. The fraction of sp³-hybridized carbons (Fsp3) is 0.611. The van der Waals surface area contributed by atoms with Gasteiger partial charge in [0.25, 0.3) is 0 Å². The maximum atomic E-state index is 11.7. The summed E-state index contributed by atoms with van der Waals surface area (Å²) < 4.78 is 5.31. The molecule has 21 heavy (non-hydrogen) atoms. The minimum absolute atomic E-state index is 0.134. The van der Waals surface area contributed by atoms with E-state index in [1.165, 1.54) is 11.1 Å². The van der Waals surface area contributed by atoms with Crippen molar-refractivity contribution in [1.82, 2.24) is 5.32 Å². The van der Waals surface area contributed by atoms with Crippen LogP contribution in [0.2, 0.25) is 0 Å². The van der Waals surface area contributed by atoms with E-state index in [0.717, 1.165) is 19.5 Å². The van der Waals surface area contributed by atoms with Gasteiger partial charge in [0.05, 0.1) is 0 Å². The van der Waals surface area contributed by atoms with Crippen molar-refractivity contribution in [1.29, 1.82) is 0 Å². The van der Waals surface area contributed by atoms with E-state index in [0.29, 0.717) is 12.3 Å². The first kappa shape index (κ1) is 17.7. The van der Waals surface area contributed by atoms with E-state index >= 15 is 0 Å². The Kier molecular flexibility index (Phi) is 6.90. The lowest BCUT2D eigenvalue weighted by molar-refractivity contribution is -0.154. The quantitative estimate of drug-likeness (QED) is 0.778. The van der Waals surface area contributed by atoms with Crippen LogP contribution in [0.15, 0.2) is 24.3 Å². The lowest BCUT2D eigenvalue weighted by atomic mass is 10.1. The van der Waals surface area contributed by atoms with Crippen molar-refractivity contribution in [2.75, 3.05) is 6.54 Å². The summed E-state index contributed by atoms with van der Waals surface area (Å²) in [6.45, 7) is 12.0. The van der Waals surface area contributed by atoms with Crippen molar-refractivity contribution in [3.05, 3.63) is 35.4 Å². The van der Waals surface area contributed by atoms with E-state index < -0.39 is 5.60 Å². The Morgan fingerprint density at radius 3 is 2.24 bits per heavy atom. The van der Waals surface area contributed by atoms with E-state index in [-0.39, 0.29) is 5.97 Å². The Hall–Kier alpha value is -1.35. The Balaban J connectivity index is 2.35. The number of esters is 1. The molecule has 0 aliphatic heterocycles. The number of carbonyl (C=O) groups is 1. The van der Waals surface area contributed by atoms with Gasteiger partial charge in [0.15, 0.2) is 0 Å². The number of carbonyl (C=O) groups excluding carboxylic acids is 1. The van der Waals surface area contributed by atoms with Gasteiger partial charge in [-0.1, -0.05) is 38.1 Å². The Morgan fingerprint density at radius 2 is 1.71 bits per heavy atom. The summed E-state index contributed by atoms with van der Waals surface area (Å²) >= 11 is 0. The normalized spacial score (nSPS) is 11.7. The number of ether oxygens (including phenoxy) is 1. The van der Waals surface area contributed by atoms with Crippen LogP contribution >= 0.6 is 0 Å². The topological polar surface area (TPSA) is 38.3 Å². The second-order valence-corrected chi connectivity index (χ2v) is 6.93. The maximum Gasteiger partial charge on any atom is 0.306 e. The lowest BCUT2D eigenvalue weighted by Crippen LogP contribution is -2.24. The summed E-state index contributed by atoms with van der Waals surface area (Å²) in [6, 6.07) is 8.43. The third-order valence-electron chi connectivity index (χ3n) is 2.94. The Morgan fingerprint density at radius 1 is 1.14 bits per heavy atom. The van der Waals surface area contributed by atoms with Crippen LogP contribution < -0.4 is 5.32 Å². The van der Waals surface area contributed by atoms with Crippen LogP contribution in [-0.4, -0.2) is 18.1 Å². The van der Waals surface area contributed by atoms with Gasteiger partial charge < -0.3 is 10.1 Å². The minimum Gasteiger partial charge on any atom is -0.460 e. The highest BCUT2D eigenvalue weighted by Crippen LogP contribution is 2.11. The predicted octanol–water partition coefficient (Wildman–Crippen LogP) is 3.71. The highest BCUT2D eigenvalue weighted by Gasteiger charge is 2.15. The molecule has 1 aromatic carbocycles. The zero-order chi connectivity index (χ0) is 15.9. The molecule has 118 valence electrons. The van der Waals surface area contributed by atoms with Crippen molar-refractivity contribution >= 4 is 5.97 Å². The van der Waals surface area contributed by atoms with Crippen molar-refractivity contribution in [3.63, 3.8) is 0 Å². The third-order valence-corrected chi connectivity index (χ3v) is 2.94. The number of benzene rings is 1. The molecule has 0 atom stereocenters. The lowest BCUT2D eigenvalue weighted by Gasteiger charge is -2.19. The summed E-state index contributed by atoms with van der Waals surface area (Å²) in [5.74, 6) is 0.531. The predicted molar refractivity (Wildman–Crippen MR) is 87.2 cm³/mol. The molecule has 0 radical (unpaired) electrons. The number of aryl methyl sites for hydroxylation is 1. The van der Waals surface area contributed by atoms with Crippen molar-refractivity contribution in [2.45, 2.75) is 59.6 Å². The number of hydrogen-bond donors (Lipinski definition) is 1. The zero-order valence-corrected chi connectivity index (χ0v) is 14.0. The van der Waals surface area contributed by atoms with Crippen LogP contribution in [0.4, 0.5) is 0 Å². The van der Waals surface area contributed by atoms with Gasteiger partial charge in [-0.25, -0.2) is 0 Å². The summed E-state index contributed by atoms with van der Waals surface area (Å²) in [5.41, 5.74) is 2.05. The molecule has 0 saturated heterocycles. The first-order valence-corrected chi connectivity index (χ1v) is 7.76. The first-order chi connectivity index (χ1) is 9.76. The highest BCUT2D eigenvalue weighted by molar-refractivity contribution is 5.70. The van der Waals surface area contributed by atoms with Crippen molar-refractivity contribution < 1.29 is 9.53 Å². The average molecular weight is 291 g/mol. The molecule has 0 bridgehead atoms. The molecule has 3 nitrogen and oxygen atoms in total. The second kappa shape index (κ2) is 8.18. The summed E-state index contributed by atoms with van der Waals surface area (Å²) in [6.07, 6.45) is 1.16.